The monoisotopic (exact) mass is 779 g/mol. The first-order chi connectivity index (χ1) is 24.1. The number of hydrogen-bond acceptors (Lipinski definition) is 11. The van der Waals surface area contributed by atoms with Crippen LogP contribution in [-0.4, -0.2) is 113 Å². The third-order valence-corrected chi connectivity index (χ3v) is 12.6. The zero-order valence-corrected chi connectivity index (χ0v) is 34.7. The summed E-state index contributed by atoms with van der Waals surface area (Å²) >= 11 is 0. The molecular formula is C36H66N3O9PS2. The van der Waals surface area contributed by atoms with E-state index in [1.807, 2.05) is 34.6 Å². The van der Waals surface area contributed by atoms with Gasteiger partial charge >= 0.3 is 7.82 Å². The molecule has 2 N–H and O–H groups in total. The number of likely N-dealkylation sites (tertiary alicyclic amines) is 2. The molecule has 2 aliphatic heterocycles. The Morgan fingerprint density at radius 1 is 0.804 bits per heavy atom. The smallest absolute Gasteiger partial charge is 0.377 e. The highest BCUT2D eigenvalue weighted by Gasteiger charge is 2.41. The number of amides is 2. The zero-order valence-electron chi connectivity index (χ0n) is 32.1. The number of Topliss-reactive ketones (excluding diaryl/α,β-unsaturated/α-hetero) is 2. The van der Waals surface area contributed by atoms with Gasteiger partial charge in [0.25, 0.3) is 0 Å². The predicted molar refractivity (Wildman–Crippen MR) is 206 cm³/mol. The molecule has 1 unspecified atom stereocenters. The molecular weight excluding hydrogens is 714 g/mol. The number of rotatable bonds is 27. The van der Waals surface area contributed by atoms with Gasteiger partial charge in [0.2, 0.25) is 11.8 Å². The first-order valence-electron chi connectivity index (χ1n) is 19.0. The molecule has 0 radical (unpaired) electrons. The number of phosphoric acid groups is 1. The molecule has 15 heteroatoms. The van der Waals surface area contributed by atoms with E-state index in [4.69, 9.17) is 13.8 Å². The van der Waals surface area contributed by atoms with Crippen molar-refractivity contribution >= 4 is 52.8 Å². The Hall–Kier alpha value is -0.990. The quantitative estimate of drug-likeness (QED) is 0.0537. The van der Waals surface area contributed by atoms with Crippen molar-refractivity contribution in [3.63, 3.8) is 0 Å². The maximum atomic E-state index is 13.2. The second kappa shape index (κ2) is 24.4. The third kappa shape index (κ3) is 19.2. The standard InChI is InChI=1S/C36H66N3O9PS2/c1-26(2)34(41)16-19-51-50-18-11-13-35(42)39-23-33(21-31(39)24-46-28(5)6)48-49(44,45)47-25-30-20-29(7)22-38(30)36(43)15-14-32(40)12-9-8-10-17-37-27(3)4/h26-31,33,37H,8-25H2,1-7H3,(H,44,45)/t29-,30+,31+,33-/m1/s1. The first-order valence-corrected chi connectivity index (χ1v) is 22.9. The highest BCUT2D eigenvalue weighted by molar-refractivity contribution is 8.76. The van der Waals surface area contributed by atoms with Gasteiger partial charge in [-0.15, -0.1) is 0 Å². The number of ketones is 2. The topological polar surface area (TPSA) is 152 Å². The van der Waals surface area contributed by atoms with Crippen LogP contribution >= 0.6 is 29.4 Å². The fourth-order valence-corrected chi connectivity index (χ4v) is 9.28. The molecule has 0 aromatic heterocycles. The molecule has 0 bridgehead atoms. The van der Waals surface area contributed by atoms with Crippen molar-refractivity contribution in [1.82, 2.24) is 15.1 Å². The highest BCUT2D eigenvalue weighted by Crippen LogP contribution is 2.47. The van der Waals surface area contributed by atoms with Crippen LogP contribution < -0.4 is 5.32 Å². The molecule has 2 fully saturated rings. The van der Waals surface area contributed by atoms with Crippen LogP contribution in [0, 0.1) is 11.8 Å². The lowest BCUT2D eigenvalue weighted by Gasteiger charge is -2.26. The van der Waals surface area contributed by atoms with Crippen molar-refractivity contribution in [3.05, 3.63) is 0 Å². The Morgan fingerprint density at radius 3 is 2.16 bits per heavy atom. The zero-order chi connectivity index (χ0) is 38.0. The normalized spacial score (nSPS) is 22.0. The van der Waals surface area contributed by atoms with Crippen molar-refractivity contribution in [1.29, 1.82) is 0 Å². The van der Waals surface area contributed by atoms with Crippen molar-refractivity contribution in [2.75, 3.05) is 44.4 Å². The maximum absolute atomic E-state index is 13.2. The molecule has 2 saturated heterocycles. The second-order valence-corrected chi connectivity index (χ2v) is 19.0. The van der Waals surface area contributed by atoms with E-state index in [2.05, 4.69) is 19.2 Å². The number of unbranched alkanes of at least 4 members (excludes halogenated alkanes) is 2. The molecule has 0 aromatic carbocycles. The third-order valence-electron chi connectivity index (χ3n) is 9.05. The predicted octanol–water partition coefficient (Wildman–Crippen LogP) is 6.44. The molecule has 51 heavy (non-hydrogen) atoms. The van der Waals surface area contributed by atoms with Gasteiger partial charge in [-0.2, -0.15) is 0 Å². The van der Waals surface area contributed by atoms with Gasteiger partial charge in [-0.05, 0) is 58.4 Å². The summed E-state index contributed by atoms with van der Waals surface area (Å²) < 4.78 is 30.0. The molecule has 5 atom stereocenters. The lowest BCUT2D eigenvalue weighted by atomic mass is 10.1. The van der Waals surface area contributed by atoms with Crippen molar-refractivity contribution in [3.8, 4) is 0 Å². The Labute approximate surface area is 315 Å². The number of hydrogen-bond donors (Lipinski definition) is 2. The van der Waals surface area contributed by atoms with Gasteiger partial charge in [0.15, 0.2) is 0 Å². The van der Waals surface area contributed by atoms with E-state index >= 15 is 0 Å². The van der Waals surface area contributed by atoms with Gasteiger partial charge in [-0.3, -0.25) is 28.2 Å². The SMILES string of the molecule is CC(C)NCCCCCC(=O)CCC(=O)N1C[C@H](C)C[C@H]1COP(=O)(O)O[C@@H]1C[C@@H](COC(C)C)N(C(=O)CCCSSCCC(=O)C(C)C)C1. The maximum Gasteiger partial charge on any atom is 0.472 e. The molecule has 2 amide bonds. The highest BCUT2D eigenvalue weighted by atomic mass is 33.1. The van der Waals surface area contributed by atoms with Crippen LogP contribution in [0.4, 0.5) is 0 Å². The van der Waals surface area contributed by atoms with E-state index in [1.165, 1.54) is 0 Å². The van der Waals surface area contributed by atoms with E-state index < -0.39 is 13.9 Å². The lowest BCUT2D eigenvalue weighted by Crippen LogP contribution is -2.39. The Bertz CT molecular complexity index is 1130. The average Bonchev–Trinajstić information content (AvgIpc) is 3.64. The summed E-state index contributed by atoms with van der Waals surface area (Å²) in [5.74, 6) is 1.91. The van der Waals surface area contributed by atoms with Gasteiger partial charge in [0.1, 0.15) is 11.6 Å². The van der Waals surface area contributed by atoms with Gasteiger partial charge in [0.05, 0.1) is 37.5 Å². The summed E-state index contributed by atoms with van der Waals surface area (Å²) in [5, 5.41) is 3.37. The molecule has 0 aromatic rings. The van der Waals surface area contributed by atoms with E-state index in [1.54, 1.807) is 31.4 Å². The lowest BCUT2D eigenvalue weighted by molar-refractivity contribution is -0.134. The minimum atomic E-state index is -4.51. The fraction of sp³-hybridized carbons (Fsp3) is 0.889. The largest absolute Gasteiger partial charge is 0.472 e. The molecule has 2 heterocycles. The fourth-order valence-electron chi connectivity index (χ4n) is 6.24. The van der Waals surface area contributed by atoms with E-state index in [-0.39, 0.29) is 79.4 Å². The number of nitrogens with zero attached hydrogens (tertiary/aromatic N) is 2. The summed E-state index contributed by atoms with van der Waals surface area (Å²) in [6.45, 7) is 15.6. The minimum absolute atomic E-state index is 0.0371. The summed E-state index contributed by atoms with van der Waals surface area (Å²) in [7, 11) is -1.20. The van der Waals surface area contributed by atoms with Gasteiger partial charge in [0, 0.05) is 68.7 Å². The molecule has 296 valence electrons. The Morgan fingerprint density at radius 2 is 1.47 bits per heavy atom. The minimum Gasteiger partial charge on any atom is -0.377 e. The van der Waals surface area contributed by atoms with Crippen LogP contribution in [0.2, 0.25) is 0 Å². The number of carbonyl (C=O) groups excluding carboxylic acids is 4. The van der Waals surface area contributed by atoms with Gasteiger partial charge < -0.3 is 24.7 Å². The van der Waals surface area contributed by atoms with Crippen molar-refractivity contribution in [2.24, 2.45) is 11.8 Å². The van der Waals surface area contributed by atoms with E-state index in [0.29, 0.717) is 57.7 Å². The molecule has 0 aliphatic carbocycles. The summed E-state index contributed by atoms with van der Waals surface area (Å²) in [5.41, 5.74) is 0. The van der Waals surface area contributed by atoms with Crippen molar-refractivity contribution in [2.45, 2.75) is 149 Å². The summed E-state index contributed by atoms with van der Waals surface area (Å²) in [6, 6.07) is -0.228. The van der Waals surface area contributed by atoms with Crippen LogP contribution in [0.5, 0.6) is 0 Å². The average molecular weight is 780 g/mol. The van der Waals surface area contributed by atoms with E-state index in [9.17, 15) is 28.6 Å². The van der Waals surface area contributed by atoms with Crippen LogP contribution in [0.15, 0.2) is 0 Å². The van der Waals surface area contributed by atoms with Gasteiger partial charge in [-0.1, -0.05) is 62.6 Å². The molecule has 0 spiro atoms. The Balaban J connectivity index is 1.81. The molecule has 0 saturated carbocycles. The van der Waals surface area contributed by atoms with Crippen LogP contribution in [-0.2, 0) is 37.5 Å². The Kier molecular flexibility index (Phi) is 22.1. The number of carbonyl (C=O) groups is 4. The van der Waals surface area contributed by atoms with E-state index in [0.717, 1.165) is 37.3 Å². The molecule has 2 aliphatic rings. The number of phosphoric ester groups is 1. The van der Waals surface area contributed by atoms with Crippen LogP contribution in [0.25, 0.3) is 0 Å². The molecule has 12 nitrogen and oxygen atoms in total. The summed E-state index contributed by atoms with van der Waals surface area (Å²) in [4.78, 5) is 64.6. The number of nitrogens with one attached hydrogen (secondary N) is 1. The van der Waals surface area contributed by atoms with Crippen LogP contribution in [0.3, 0.4) is 0 Å². The first kappa shape index (κ1) is 46.2. The van der Waals surface area contributed by atoms with Gasteiger partial charge in [-0.25, -0.2) is 4.57 Å². The number of ether oxygens (including phenoxy) is 1. The second-order valence-electron chi connectivity index (χ2n) is 14.9. The van der Waals surface area contributed by atoms with Crippen LogP contribution in [0.1, 0.15) is 119 Å². The summed E-state index contributed by atoms with van der Waals surface area (Å²) in [6.07, 6.45) is 5.37. The van der Waals surface area contributed by atoms with Crippen molar-refractivity contribution < 1.29 is 42.4 Å². The molecule has 2 rings (SSSR count).